The maximum absolute atomic E-state index is 12.2. The highest BCUT2D eigenvalue weighted by molar-refractivity contribution is 4.85. The van der Waals surface area contributed by atoms with Crippen LogP contribution in [0.25, 0.3) is 0 Å². The normalized spacial score (nSPS) is 32.4. The zero-order chi connectivity index (χ0) is 11.6. The molecular weight excluding hydrogens is 221 g/mol. The lowest BCUT2D eigenvalue weighted by atomic mass is 10.2. The van der Waals surface area contributed by atoms with E-state index in [-0.39, 0.29) is 6.04 Å². The molecule has 2 unspecified atom stereocenters. The van der Waals surface area contributed by atoms with Gasteiger partial charge in [0, 0.05) is 31.8 Å². The maximum Gasteiger partial charge on any atom is 0.401 e. The van der Waals surface area contributed by atoms with E-state index in [0.717, 1.165) is 19.4 Å². The van der Waals surface area contributed by atoms with Crippen molar-refractivity contribution >= 4 is 0 Å². The molecule has 6 heteroatoms. The monoisotopic (exact) mass is 238 g/mol. The minimum Gasteiger partial charge on any atom is -0.380 e. The van der Waals surface area contributed by atoms with E-state index < -0.39 is 12.7 Å². The van der Waals surface area contributed by atoms with Crippen molar-refractivity contribution in [1.29, 1.82) is 0 Å². The van der Waals surface area contributed by atoms with E-state index in [1.807, 2.05) is 0 Å². The van der Waals surface area contributed by atoms with Gasteiger partial charge in [0.1, 0.15) is 0 Å². The van der Waals surface area contributed by atoms with Crippen LogP contribution in [-0.4, -0.2) is 56.0 Å². The fourth-order valence-corrected chi connectivity index (χ4v) is 2.37. The molecule has 2 aliphatic heterocycles. The summed E-state index contributed by atoms with van der Waals surface area (Å²) in [4.78, 5) is 1.47. The summed E-state index contributed by atoms with van der Waals surface area (Å²) in [7, 11) is 0. The van der Waals surface area contributed by atoms with E-state index in [2.05, 4.69) is 5.32 Å². The van der Waals surface area contributed by atoms with E-state index in [1.165, 1.54) is 4.90 Å². The second-order valence-corrected chi connectivity index (χ2v) is 4.56. The Morgan fingerprint density at radius 1 is 1.25 bits per heavy atom. The highest BCUT2D eigenvalue weighted by Crippen LogP contribution is 2.20. The molecule has 0 spiro atoms. The van der Waals surface area contributed by atoms with Crippen LogP contribution < -0.4 is 5.32 Å². The van der Waals surface area contributed by atoms with Gasteiger partial charge >= 0.3 is 6.18 Å². The number of halogens is 3. The van der Waals surface area contributed by atoms with Gasteiger partial charge in [0.25, 0.3) is 0 Å². The van der Waals surface area contributed by atoms with Gasteiger partial charge < -0.3 is 10.1 Å². The highest BCUT2D eigenvalue weighted by atomic mass is 19.4. The number of alkyl halides is 3. The first-order valence-corrected chi connectivity index (χ1v) is 5.66. The fourth-order valence-electron chi connectivity index (χ4n) is 2.37. The van der Waals surface area contributed by atoms with Gasteiger partial charge in [0.15, 0.2) is 0 Å². The molecule has 0 amide bonds. The van der Waals surface area contributed by atoms with Crippen molar-refractivity contribution in [1.82, 2.24) is 10.2 Å². The molecule has 2 rings (SSSR count). The quantitative estimate of drug-likeness (QED) is 0.794. The van der Waals surface area contributed by atoms with E-state index >= 15 is 0 Å². The van der Waals surface area contributed by atoms with Gasteiger partial charge in [-0.2, -0.15) is 13.2 Å². The first-order chi connectivity index (χ1) is 7.53. The van der Waals surface area contributed by atoms with Gasteiger partial charge in [-0.15, -0.1) is 0 Å². The van der Waals surface area contributed by atoms with Crippen LogP contribution >= 0.6 is 0 Å². The number of nitrogens with zero attached hydrogens (tertiary/aromatic N) is 1. The zero-order valence-corrected chi connectivity index (χ0v) is 9.09. The Hall–Kier alpha value is -0.330. The van der Waals surface area contributed by atoms with Crippen LogP contribution in [0, 0.1) is 0 Å². The van der Waals surface area contributed by atoms with Crippen molar-refractivity contribution < 1.29 is 17.9 Å². The molecule has 0 aromatic rings. The fraction of sp³-hybridized carbons (Fsp3) is 1.00. The molecular formula is C10H17F3N2O. The lowest BCUT2D eigenvalue weighted by molar-refractivity contribution is -0.143. The largest absolute Gasteiger partial charge is 0.401 e. The molecule has 1 N–H and O–H groups in total. The van der Waals surface area contributed by atoms with Crippen molar-refractivity contribution in [3.8, 4) is 0 Å². The lowest BCUT2D eigenvalue weighted by Crippen LogP contribution is -2.41. The number of rotatable bonds is 3. The summed E-state index contributed by atoms with van der Waals surface area (Å²) in [5.74, 6) is 0. The van der Waals surface area contributed by atoms with E-state index in [0.29, 0.717) is 25.7 Å². The third-order valence-electron chi connectivity index (χ3n) is 3.08. The summed E-state index contributed by atoms with van der Waals surface area (Å²) in [6, 6.07) is 0.518. The number of ether oxygens (including phenoxy) is 1. The van der Waals surface area contributed by atoms with Crippen molar-refractivity contribution in [2.45, 2.75) is 31.1 Å². The molecule has 2 aliphatic rings. The SMILES string of the molecule is FC(F)(F)CN1CCC(NC2CCOC2)C1. The number of hydrogen-bond acceptors (Lipinski definition) is 3. The standard InChI is InChI=1S/C10H17F3N2O/c11-10(12,13)7-15-3-1-8(5-15)14-9-2-4-16-6-9/h8-9,14H,1-7H2. The van der Waals surface area contributed by atoms with E-state index in [1.54, 1.807) is 0 Å². The molecule has 0 bridgehead atoms. The molecule has 0 saturated carbocycles. The van der Waals surface area contributed by atoms with Gasteiger partial charge in [0.05, 0.1) is 13.2 Å². The van der Waals surface area contributed by atoms with Gasteiger partial charge in [-0.3, -0.25) is 4.90 Å². The summed E-state index contributed by atoms with van der Waals surface area (Å²) >= 11 is 0. The molecule has 0 aliphatic carbocycles. The van der Waals surface area contributed by atoms with Crippen molar-refractivity contribution in [2.75, 3.05) is 32.8 Å². The molecule has 0 radical (unpaired) electrons. The number of hydrogen-bond donors (Lipinski definition) is 1. The summed E-state index contributed by atoms with van der Waals surface area (Å²) in [6.07, 6.45) is -2.31. The van der Waals surface area contributed by atoms with Crippen LogP contribution in [0.15, 0.2) is 0 Å². The Labute approximate surface area is 92.9 Å². The number of nitrogens with one attached hydrogen (secondary N) is 1. The Bertz CT molecular complexity index is 229. The predicted molar refractivity (Wildman–Crippen MR) is 53.3 cm³/mol. The van der Waals surface area contributed by atoms with Gasteiger partial charge in [0.2, 0.25) is 0 Å². The molecule has 94 valence electrons. The van der Waals surface area contributed by atoms with Crippen LogP contribution in [0.3, 0.4) is 0 Å². The molecule has 2 saturated heterocycles. The third kappa shape index (κ3) is 3.61. The molecule has 2 atom stereocenters. The van der Waals surface area contributed by atoms with Crippen molar-refractivity contribution in [3.63, 3.8) is 0 Å². The van der Waals surface area contributed by atoms with Gasteiger partial charge in [-0.1, -0.05) is 0 Å². The Morgan fingerprint density at radius 3 is 2.69 bits per heavy atom. The first kappa shape index (κ1) is 12.1. The molecule has 3 nitrogen and oxygen atoms in total. The minimum absolute atomic E-state index is 0.189. The Balaban J connectivity index is 1.70. The van der Waals surface area contributed by atoms with Crippen molar-refractivity contribution in [3.05, 3.63) is 0 Å². The second kappa shape index (κ2) is 4.89. The zero-order valence-electron chi connectivity index (χ0n) is 9.09. The summed E-state index contributed by atoms with van der Waals surface area (Å²) in [5.41, 5.74) is 0. The third-order valence-corrected chi connectivity index (χ3v) is 3.08. The Morgan fingerprint density at radius 2 is 2.06 bits per heavy atom. The van der Waals surface area contributed by atoms with E-state index in [4.69, 9.17) is 4.74 Å². The van der Waals surface area contributed by atoms with Crippen LogP contribution in [0.5, 0.6) is 0 Å². The minimum atomic E-state index is -4.08. The molecule has 16 heavy (non-hydrogen) atoms. The van der Waals surface area contributed by atoms with Crippen molar-refractivity contribution in [2.24, 2.45) is 0 Å². The first-order valence-electron chi connectivity index (χ1n) is 5.66. The van der Waals surface area contributed by atoms with E-state index in [9.17, 15) is 13.2 Å². The van der Waals surface area contributed by atoms with Gasteiger partial charge in [-0.05, 0) is 12.8 Å². The number of likely N-dealkylation sites (tertiary alicyclic amines) is 1. The summed E-state index contributed by atoms with van der Waals surface area (Å²) in [5, 5.41) is 3.36. The summed E-state index contributed by atoms with van der Waals surface area (Å²) in [6.45, 7) is 1.69. The predicted octanol–water partition coefficient (Wildman–Crippen LogP) is 1.00. The van der Waals surface area contributed by atoms with Gasteiger partial charge in [-0.25, -0.2) is 0 Å². The maximum atomic E-state index is 12.2. The van der Waals surface area contributed by atoms with Crippen LogP contribution in [0.4, 0.5) is 13.2 Å². The molecule has 2 heterocycles. The Kier molecular flexibility index (Phi) is 3.71. The topological polar surface area (TPSA) is 24.5 Å². The van der Waals surface area contributed by atoms with Crippen LogP contribution in [0.2, 0.25) is 0 Å². The van der Waals surface area contributed by atoms with Crippen LogP contribution in [-0.2, 0) is 4.74 Å². The summed E-state index contributed by atoms with van der Waals surface area (Å²) < 4.78 is 41.7. The molecule has 0 aromatic carbocycles. The average Bonchev–Trinajstić information content (AvgIpc) is 2.75. The smallest absolute Gasteiger partial charge is 0.380 e. The highest BCUT2D eigenvalue weighted by Gasteiger charge is 2.34. The average molecular weight is 238 g/mol. The molecule has 2 fully saturated rings. The second-order valence-electron chi connectivity index (χ2n) is 4.56. The lowest BCUT2D eigenvalue weighted by Gasteiger charge is -2.20. The molecule has 0 aromatic heterocycles. The van der Waals surface area contributed by atoms with Crippen LogP contribution in [0.1, 0.15) is 12.8 Å².